The van der Waals surface area contributed by atoms with Gasteiger partial charge in [0.15, 0.2) is 5.76 Å². The van der Waals surface area contributed by atoms with Gasteiger partial charge in [0.25, 0.3) is 5.91 Å². The summed E-state index contributed by atoms with van der Waals surface area (Å²) in [5.74, 6) is -0.889. The second kappa shape index (κ2) is 6.92. The number of hydrogen-bond acceptors (Lipinski definition) is 3. The second-order valence-corrected chi connectivity index (χ2v) is 6.52. The van der Waals surface area contributed by atoms with Gasteiger partial charge in [0.2, 0.25) is 0 Å². The van der Waals surface area contributed by atoms with E-state index in [1.807, 2.05) is 0 Å². The van der Waals surface area contributed by atoms with Crippen molar-refractivity contribution in [2.24, 2.45) is 7.05 Å². The highest BCUT2D eigenvalue weighted by Gasteiger charge is 2.26. The molecule has 0 bridgehead atoms. The quantitative estimate of drug-likeness (QED) is 0.574. The summed E-state index contributed by atoms with van der Waals surface area (Å²) >= 11 is 0. The molecule has 2 aromatic heterocycles. The second-order valence-electron chi connectivity index (χ2n) is 6.52. The molecule has 0 saturated heterocycles. The van der Waals surface area contributed by atoms with Crippen molar-refractivity contribution in [2.75, 3.05) is 0 Å². The van der Waals surface area contributed by atoms with Crippen molar-refractivity contribution in [3.63, 3.8) is 0 Å². The molecule has 2 heterocycles. The minimum absolute atomic E-state index is 0.0520. The molecule has 1 atom stereocenters. The molecule has 0 fully saturated rings. The van der Waals surface area contributed by atoms with Gasteiger partial charge in [-0.25, -0.2) is 13.8 Å². The Balaban J connectivity index is 1.75. The van der Waals surface area contributed by atoms with Crippen LogP contribution < -0.4 is 5.32 Å². The lowest BCUT2D eigenvalue weighted by Crippen LogP contribution is -2.31. The Morgan fingerprint density at radius 1 is 1.21 bits per heavy atom. The Labute approximate surface area is 159 Å². The van der Waals surface area contributed by atoms with Gasteiger partial charge in [-0.1, -0.05) is 18.2 Å². The first-order valence-electron chi connectivity index (χ1n) is 8.67. The molecule has 0 aliphatic carbocycles. The van der Waals surface area contributed by atoms with Gasteiger partial charge in [0, 0.05) is 36.0 Å². The number of rotatable bonds is 4. The van der Waals surface area contributed by atoms with E-state index in [1.54, 1.807) is 49.1 Å². The highest BCUT2D eigenvalue weighted by Crippen LogP contribution is 2.28. The molecule has 7 heteroatoms. The van der Waals surface area contributed by atoms with Gasteiger partial charge < -0.3 is 14.3 Å². The molecule has 1 N–H and O–H groups in total. The summed E-state index contributed by atoms with van der Waals surface area (Å²) in [6, 6.07) is 9.42. The Morgan fingerprint density at radius 2 is 2.00 bits per heavy atom. The SMILES string of the molecule is Cc1c(C(=O)NC(c2ccccc2F)c2nccn2C)oc2ccc(F)cc12. The maximum absolute atomic E-state index is 14.5. The number of benzene rings is 2. The number of fused-ring (bicyclic) bond motifs is 1. The van der Waals surface area contributed by atoms with Crippen molar-refractivity contribution in [2.45, 2.75) is 13.0 Å². The van der Waals surface area contributed by atoms with Crippen LogP contribution in [-0.4, -0.2) is 15.5 Å². The van der Waals surface area contributed by atoms with Crippen molar-refractivity contribution < 1.29 is 18.0 Å². The van der Waals surface area contributed by atoms with Crippen molar-refractivity contribution >= 4 is 16.9 Å². The van der Waals surface area contributed by atoms with E-state index in [1.165, 1.54) is 24.3 Å². The van der Waals surface area contributed by atoms with Crippen LogP contribution in [-0.2, 0) is 7.05 Å². The van der Waals surface area contributed by atoms with Crippen LogP contribution in [0.1, 0.15) is 33.5 Å². The van der Waals surface area contributed by atoms with Crippen molar-refractivity contribution in [3.8, 4) is 0 Å². The van der Waals surface area contributed by atoms with Crippen LogP contribution in [0, 0.1) is 18.6 Å². The molecule has 0 spiro atoms. The van der Waals surface area contributed by atoms with E-state index in [9.17, 15) is 13.6 Å². The summed E-state index contributed by atoms with van der Waals surface area (Å²) in [7, 11) is 1.76. The molecule has 142 valence electrons. The lowest BCUT2D eigenvalue weighted by Gasteiger charge is -2.19. The van der Waals surface area contributed by atoms with E-state index in [2.05, 4.69) is 10.3 Å². The summed E-state index contributed by atoms with van der Waals surface area (Å²) in [4.78, 5) is 17.2. The van der Waals surface area contributed by atoms with Gasteiger partial charge in [-0.3, -0.25) is 4.79 Å². The zero-order chi connectivity index (χ0) is 19.8. The molecule has 5 nitrogen and oxygen atoms in total. The predicted molar refractivity (Wildman–Crippen MR) is 99.8 cm³/mol. The molecule has 4 aromatic rings. The first-order chi connectivity index (χ1) is 13.5. The number of aromatic nitrogens is 2. The highest BCUT2D eigenvalue weighted by molar-refractivity contribution is 5.99. The first kappa shape index (κ1) is 17.9. The zero-order valence-electron chi connectivity index (χ0n) is 15.2. The molecule has 28 heavy (non-hydrogen) atoms. The number of imidazole rings is 1. The van der Waals surface area contributed by atoms with Gasteiger partial charge in [0.1, 0.15) is 29.1 Å². The number of hydrogen-bond donors (Lipinski definition) is 1. The van der Waals surface area contributed by atoms with E-state index in [0.29, 0.717) is 22.4 Å². The van der Waals surface area contributed by atoms with Crippen LogP contribution in [0.15, 0.2) is 59.3 Å². The topological polar surface area (TPSA) is 60.1 Å². The molecular formula is C21H17F2N3O2. The average molecular weight is 381 g/mol. The molecule has 1 amide bonds. The monoisotopic (exact) mass is 381 g/mol. The van der Waals surface area contributed by atoms with Gasteiger partial charge in [0.05, 0.1) is 0 Å². The molecule has 2 aromatic carbocycles. The van der Waals surface area contributed by atoms with Gasteiger partial charge >= 0.3 is 0 Å². The minimum Gasteiger partial charge on any atom is -0.451 e. The standard InChI is InChI=1S/C21H17F2N3O2/c1-12-15-11-13(22)7-8-17(15)28-19(12)21(27)25-18(20-24-9-10-26(20)2)14-5-3-4-6-16(14)23/h3-11,18H,1-2H3,(H,25,27). The molecular weight excluding hydrogens is 364 g/mol. The molecule has 0 aliphatic heterocycles. The average Bonchev–Trinajstić information content (AvgIpc) is 3.24. The predicted octanol–water partition coefficient (Wildman–Crippen LogP) is 4.27. The lowest BCUT2D eigenvalue weighted by atomic mass is 10.0. The number of nitrogens with one attached hydrogen (secondary N) is 1. The summed E-state index contributed by atoms with van der Waals surface area (Å²) in [5, 5.41) is 3.32. The van der Waals surface area contributed by atoms with E-state index in [0.717, 1.165) is 0 Å². The van der Waals surface area contributed by atoms with Crippen LogP contribution in [0.2, 0.25) is 0 Å². The van der Waals surface area contributed by atoms with Crippen LogP contribution in [0.4, 0.5) is 8.78 Å². The maximum Gasteiger partial charge on any atom is 0.288 e. The molecule has 0 radical (unpaired) electrons. The summed E-state index contributed by atoms with van der Waals surface area (Å²) in [6.45, 7) is 1.68. The third-order valence-corrected chi connectivity index (χ3v) is 4.71. The smallest absolute Gasteiger partial charge is 0.288 e. The molecule has 4 rings (SSSR count). The van der Waals surface area contributed by atoms with E-state index >= 15 is 0 Å². The van der Waals surface area contributed by atoms with Crippen molar-refractivity contribution in [1.82, 2.24) is 14.9 Å². The Bertz CT molecular complexity index is 1180. The van der Waals surface area contributed by atoms with Crippen LogP contribution >= 0.6 is 0 Å². The fraction of sp³-hybridized carbons (Fsp3) is 0.143. The zero-order valence-corrected chi connectivity index (χ0v) is 15.2. The summed E-state index contributed by atoms with van der Waals surface area (Å²) < 4.78 is 35.3. The fourth-order valence-corrected chi connectivity index (χ4v) is 3.25. The number of carbonyl (C=O) groups is 1. The lowest BCUT2D eigenvalue weighted by molar-refractivity contribution is 0.0914. The van der Waals surface area contributed by atoms with E-state index in [-0.39, 0.29) is 11.3 Å². The molecule has 1 unspecified atom stereocenters. The third-order valence-electron chi connectivity index (χ3n) is 4.71. The number of furan rings is 1. The Hall–Kier alpha value is -3.48. The van der Waals surface area contributed by atoms with Gasteiger partial charge in [-0.05, 0) is 31.2 Å². The molecule has 0 saturated carbocycles. The largest absolute Gasteiger partial charge is 0.451 e. The normalized spacial score (nSPS) is 12.3. The van der Waals surface area contributed by atoms with Gasteiger partial charge in [-0.2, -0.15) is 0 Å². The maximum atomic E-state index is 14.5. The summed E-state index contributed by atoms with van der Waals surface area (Å²) in [5.41, 5.74) is 1.20. The number of halogens is 2. The number of carbonyl (C=O) groups excluding carboxylic acids is 1. The van der Waals surface area contributed by atoms with Gasteiger partial charge in [-0.15, -0.1) is 0 Å². The summed E-state index contributed by atoms with van der Waals surface area (Å²) in [6.07, 6.45) is 3.29. The number of nitrogens with zero attached hydrogens (tertiary/aromatic N) is 2. The molecule has 0 aliphatic rings. The van der Waals surface area contributed by atoms with E-state index in [4.69, 9.17) is 4.42 Å². The first-order valence-corrected chi connectivity index (χ1v) is 8.67. The van der Waals surface area contributed by atoms with Crippen LogP contribution in [0.3, 0.4) is 0 Å². The van der Waals surface area contributed by atoms with Crippen LogP contribution in [0.5, 0.6) is 0 Å². The third kappa shape index (κ3) is 3.05. The minimum atomic E-state index is -0.821. The fourth-order valence-electron chi connectivity index (χ4n) is 3.25. The van der Waals surface area contributed by atoms with E-state index < -0.39 is 23.6 Å². The van der Waals surface area contributed by atoms with Crippen LogP contribution in [0.25, 0.3) is 11.0 Å². The number of aryl methyl sites for hydroxylation is 2. The Kier molecular flexibility index (Phi) is 4.43. The number of amides is 1. The highest BCUT2D eigenvalue weighted by atomic mass is 19.1. The van der Waals surface area contributed by atoms with Crippen molar-refractivity contribution in [3.05, 3.63) is 89.2 Å². The Morgan fingerprint density at radius 3 is 2.71 bits per heavy atom. The van der Waals surface area contributed by atoms with Crippen molar-refractivity contribution in [1.29, 1.82) is 0 Å².